The molecule has 0 bridgehead atoms. The first-order valence-corrected chi connectivity index (χ1v) is 5.35. The molecule has 0 saturated heterocycles. The molecule has 1 aromatic rings. The van der Waals surface area contributed by atoms with Gasteiger partial charge in [0.2, 0.25) is 0 Å². The lowest BCUT2D eigenvalue weighted by atomic mass is 10.3. The van der Waals surface area contributed by atoms with Gasteiger partial charge in [-0.1, -0.05) is 11.6 Å². The van der Waals surface area contributed by atoms with E-state index in [9.17, 15) is 9.18 Å². The molecule has 1 rings (SSSR count). The third-order valence-electron chi connectivity index (χ3n) is 1.84. The molecule has 0 atom stereocenters. The maximum atomic E-state index is 12.9. The predicted octanol–water partition coefficient (Wildman–Crippen LogP) is 2.83. The maximum Gasteiger partial charge on any atom is 0.354 e. The average Bonchev–Trinajstić information content (AvgIpc) is 2.30. The van der Waals surface area contributed by atoms with Gasteiger partial charge in [0.15, 0.2) is 0 Å². The lowest BCUT2D eigenvalue weighted by Crippen LogP contribution is -2.15. The zero-order chi connectivity index (χ0) is 12.8. The van der Waals surface area contributed by atoms with Gasteiger partial charge >= 0.3 is 5.97 Å². The number of rotatable bonds is 4. The van der Waals surface area contributed by atoms with Crippen LogP contribution in [0.15, 0.2) is 23.3 Å². The van der Waals surface area contributed by atoms with Crippen molar-refractivity contribution in [2.45, 2.75) is 13.8 Å². The molecule has 92 valence electrons. The summed E-state index contributed by atoms with van der Waals surface area (Å²) < 4.78 is 17.6. The summed E-state index contributed by atoms with van der Waals surface area (Å²) in [4.78, 5) is 11.2. The standard InChI is InChI=1S/C11H12ClFN2O2/c1-3-17-11(16)7(2)14-15-10-6-8(13)4-5-9(10)12/h4-6,15H,3H2,1-2H3/b14-7-. The Bertz CT molecular complexity index is 449. The molecule has 1 aromatic carbocycles. The number of nitrogens with one attached hydrogen (secondary N) is 1. The molecule has 0 unspecified atom stereocenters. The minimum Gasteiger partial charge on any atom is -0.461 e. The zero-order valence-corrected chi connectivity index (χ0v) is 10.2. The van der Waals surface area contributed by atoms with Crippen LogP contribution in [0.1, 0.15) is 13.8 Å². The number of anilines is 1. The van der Waals surface area contributed by atoms with Crippen LogP contribution in [0.5, 0.6) is 0 Å². The van der Waals surface area contributed by atoms with Crippen molar-refractivity contribution in [3.8, 4) is 0 Å². The van der Waals surface area contributed by atoms with Gasteiger partial charge in [-0.3, -0.25) is 5.43 Å². The highest BCUT2D eigenvalue weighted by Crippen LogP contribution is 2.22. The van der Waals surface area contributed by atoms with Crippen molar-refractivity contribution in [3.05, 3.63) is 29.0 Å². The van der Waals surface area contributed by atoms with Gasteiger partial charge in [0.1, 0.15) is 11.5 Å². The van der Waals surface area contributed by atoms with Crippen LogP contribution in [-0.2, 0) is 9.53 Å². The maximum absolute atomic E-state index is 12.9. The summed E-state index contributed by atoms with van der Waals surface area (Å²) in [5.74, 6) is -0.978. The number of hydrogen-bond donors (Lipinski definition) is 1. The molecule has 1 N–H and O–H groups in total. The quantitative estimate of drug-likeness (QED) is 0.513. The summed E-state index contributed by atoms with van der Waals surface area (Å²) in [7, 11) is 0. The summed E-state index contributed by atoms with van der Waals surface area (Å²) in [5.41, 5.74) is 2.93. The van der Waals surface area contributed by atoms with E-state index in [2.05, 4.69) is 10.5 Å². The molecule has 0 aliphatic heterocycles. The second kappa shape index (κ2) is 6.20. The fourth-order valence-electron chi connectivity index (χ4n) is 1.01. The zero-order valence-electron chi connectivity index (χ0n) is 9.46. The van der Waals surface area contributed by atoms with Crippen molar-refractivity contribution < 1.29 is 13.9 Å². The molecule has 0 heterocycles. The molecule has 0 aliphatic rings. The van der Waals surface area contributed by atoms with Crippen molar-refractivity contribution in [1.82, 2.24) is 0 Å². The van der Waals surface area contributed by atoms with Crippen molar-refractivity contribution in [1.29, 1.82) is 0 Å². The smallest absolute Gasteiger partial charge is 0.354 e. The highest BCUT2D eigenvalue weighted by molar-refractivity contribution is 6.36. The number of benzene rings is 1. The topological polar surface area (TPSA) is 50.7 Å². The van der Waals surface area contributed by atoms with Crippen LogP contribution in [0.4, 0.5) is 10.1 Å². The normalized spacial score (nSPS) is 11.2. The van der Waals surface area contributed by atoms with Crippen molar-refractivity contribution in [2.24, 2.45) is 5.10 Å². The number of hydrazone groups is 1. The third kappa shape index (κ3) is 4.03. The second-order valence-corrected chi connectivity index (χ2v) is 3.56. The molecule has 0 saturated carbocycles. The Morgan fingerprint density at radius 2 is 2.29 bits per heavy atom. The summed E-state index contributed by atoms with van der Waals surface area (Å²) in [6, 6.07) is 3.81. The monoisotopic (exact) mass is 258 g/mol. The highest BCUT2D eigenvalue weighted by atomic mass is 35.5. The lowest BCUT2D eigenvalue weighted by Gasteiger charge is -2.05. The van der Waals surface area contributed by atoms with E-state index in [1.54, 1.807) is 6.92 Å². The number of carbonyl (C=O) groups excluding carboxylic acids is 1. The van der Waals surface area contributed by atoms with Gasteiger partial charge in [0.25, 0.3) is 0 Å². The summed E-state index contributed by atoms with van der Waals surface area (Å²) in [6.45, 7) is 3.45. The van der Waals surface area contributed by atoms with Gasteiger partial charge in [-0.25, -0.2) is 9.18 Å². The first kappa shape index (κ1) is 13.4. The Kier molecular flexibility index (Phi) is 4.90. The molecule has 4 nitrogen and oxygen atoms in total. The molecular weight excluding hydrogens is 247 g/mol. The first-order chi connectivity index (χ1) is 8.04. The Labute approximate surface area is 103 Å². The van der Waals surface area contributed by atoms with Gasteiger partial charge in [0.05, 0.1) is 17.3 Å². The first-order valence-electron chi connectivity index (χ1n) is 4.97. The largest absolute Gasteiger partial charge is 0.461 e. The van der Waals surface area contributed by atoms with Crippen molar-refractivity contribution in [2.75, 3.05) is 12.0 Å². The molecule has 0 spiro atoms. The SMILES string of the molecule is CCOC(=O)/C(C)=N\Nc1cc(F)ccc1Cl. The van der Waals surface area contributed by atoms with Gasteiger partial charge < -0.3 is 4.74 Å². The summed E-state index contributed by atoms with van der Waals surface area (Å²) in [6.07, 6.45) is 0. The van der Waals surface area contributed by atoms with Crippen LogP contribution < -0.4 is 5.43 Å². The van der Waals surface area contributed by atoms with E-state index in [1.165, 1.54) is 25.1 Å². The van der Waals surface area contributed by atoms with Crippen LogP contribution in [0, 0.1) is 5.82 Å². The number of esters is 1. The average molecular weight is 259 g/mol. The minimum atomic E-state index is -0.535. The van der Waals surface area contributed by atoms with Crippen LogP contribution in [-0.4, -0.2) is 18.3 Å². The Hall–Kier alpha value is -1.62. The number of ether oxygens (including phenoxy) is 1. The number of carbonyl (C=O) groups is 1. The fourth-order valence-corrected chi connectivity index (χ4v) is 1.17. The third-order valence-corrected chi connectivity index (χ3v) is 2.17. The van der Waals surface area contributed by atoms with E-state index in [4.69, 9.17) is 16.3 Å². The second-order valence-electron chi connectivity index (χ2n) is 3.15. The Morgan fingerprint density at radius 3 is 2.94 bits per heavy atom. The Morgan fingerprint density at radius 1 is 1.59 bits per heavy atom. The molecule has 6 heteroatoms. The molecule has 0 fully saturated rings. The Balaban J connectivity index is 2.75. The van der Waals surface area contributed by atoms with Crippen LogP contribution >= 0.6 is 11.6 Å². The van der Waals surface area contributed by atoms with Crippen LogP contribution in [0.25, 0.3) is 0 Å². The van der Waals surface area contributed by atoms with Crippen molar-refractivity contribution in [3.63, 3.8) is 0 Å². The van der Waals surface area contributed by atoms with E-state index in [0.717, 1.165) is 0 Å². The van der Waals surface area contributed by atoms with E-state index in [-0.39, 0.29) is 18.0 Å². The molecule has 0 aliphatic carbocycles. The molecule has 17 heavy (non-hydrogen) atoms. The number of halogens is 2. The van der Waals surface area contributed by atoms with Gasteiger partial charge in [0, 0.05) is 6.07 Å². The summed E-state index contributed by atoms with van der Waals surface area (Å²) >= 11 is 5.81. The van der Waals surface area contributed by atoms with Crippen molar-refractivity contribution >= 4 is 29.0 Å². The van der Waals surface area contributed by atoms with E-state index in [1.807, 2.05) is 0 Å². The van der Waals surface area contributed by atoms with E-state index < -0.39 is 11.8 Å². The van der Waals surface area contributed by atoms with Gasteiger partial charge in [-0.05, 0) is 26.0 Å². The van der Waals surface area contributed by atoms with Crippen LogP contribution in [0.2, 0.25) is 5.02 Å². The minimum absolute atomic E-state index is 0.132. The van der Waals surface area contributed by atoms with Gasteiger partial charge in [-0.15, -0.1) is 0 Å². The molecule has 0 amide bonds. The van der Waals surface area contributed by atoms with Crippen LogP contribution in [0.3, 0.4) is 0 Å². The molecule has 0 aromatic heterocycles. The lowest BCUT2D eigenvalue weighted by molar-refractivity contribution is -0.135. The molecule has 0 radical (unpaired) electrons. The number of hydrogen-bond acceptors (Lipinski definition) is 4. The summed E-state index contributed by atoms with van der Waals surface area (Å²) in [5, 5.41) is 4.07. The van der Waals surface area contributed by atoms with E-state index in [0.29, 0.717) is 5.02 Å². The van der Waals surface area contributed by atoms with E-state index >= 15 is 0 Å². The highest BCUT2D eigenvalue weighted by Gasteiger charge is 2.07. The molecular formula is C11H12ClFN2O2. The predicted molar refractivity (Wildman–Crippen MR) is 64.8 cm³/mol. The fraction of sp³-hybridized carbons (Fsp3) is 0.273. The van der Waals surface area contributed by atoms with Gasteiger partial charge in [-0.2, -0.15) is 5.10 Å². The number of nitrogens with zero attached hydrogens (tertiary/aromatic N) is 1.